The number of hydrogen-bond acceptors (Lipinski definition) is 6. The summed E-state index contributed by atoms with van der Waals surface area (Å²) in [6.45, 7) is 4.33. The van der Waals surface area contributed by atoms with Gasteiger partial charge in [-0.2, -0.15) is 5.26 Å². The number of rotatable bonds is 7. The van der Waals surface area contributed by atoms with Crippen LogP contribution in [0, 0.1) is 21.4 Å². The molecule has 8 nitrogen and oxygen atoms in total. The number of nitriles is 1. The normalized spacial score (nSPS) is 10.0. The summed E-state index contributed by atoms with van der Waals surface area (Å²) in [5, 5.41) is 22.8. The van der Waals surface area contributed by atoms with Crippen LogP contribution >= 0.6 is 11.6 Å². The maximum Gasteiger partial charge on any atom is 0.288 e. The van der Waals surface area contributed by atoms with Gasteiger partial charge < -0.3 is 14.8 Å². The first-order valence-electron chi connectivity index (χ1n) is 8.00. The van der Waals surface area contributed by atoms with Gasteiger partial charge >= 0.3 is 0 Å². The number of benzene rings is 2. The van der Waals surface area contributed by atoms with Crippen molar-refractivity contribution in [2.45, 2.75) is 13.8 Å². The minimum Gasteiger partial charge on any atom is -0.490 e. The number of anilines is 1. The number of halogens is 1. The molecule has 0 radical (unpaired) electrons. The smallest absolute Gasteiger partial charge is 0.288 e. The quantitative estimate of drug-likeness (QED) is 0.561. The van der Waals surface area contributed by atoms with Crippen molar-refractivity contribution in [3.8, 4) is 17.6 Å². The van der Waals surface area contributed by atoms with E-state index in [4.69, 9.17) is 21.1 Å². The fraction of sp³-hybridized carbons (Fsp3) is 0.222. The highest BCUT2D eigenvalue weighted by molar-refractivity contribution is 6.32. The molecule has 2 rings (SSSR count). The summed E-state index contributed by atoms with van der Waals surface area (Å²) in [4.78, 5) is 22.8. The molecular formula is C18H16ClN3O5. The van der Waals surface area contributed by atoms with E-state index in [1.807, 2.05) is 6.07 Å². The molecule has 1 amide bonds. The summed E-state index contributed by atoms with van der Waals surface area (Å²) in [7, 11) is 0. The van der Waals surface area contributed by atoms with Gasteiger partial charge in [0.25, 0.3) is 11.6 Å². The Hall–Kier alpha value is -3.31. The van der Waals surface area contributed by atoms with Crippen molar-refractivity contribution >= 4 is 28.9 Å². The predicted octanol–water partition coefficient (Wildman–Crippen LogP) is 4.17. The molecule has 140 valence electrons. The number of nitrogens with one attached hydrogen (secondary N) is 1. The SMILES string of the molecule is CCOc1cc(C#N)c(NC(=O)c2ccc(Cl)c([N+](=O)[O-])c2)cc1OCC. The fourth-order valence-corrected chi connectivity index (χ4v) is 2.47. The molecule has 1 N–H and O–H groups in total. The minimum absolute atomic E-state index is 0.0295. The molecule has 0 heterocycles. The molecule has 0 fully saturated rings. The van der Waals surface area contributed by atoms with E-state index in [1.54, 1.807) is 13.8 Å². The molecule has 0 aliphatic carbocycles. The summed E-state index contributed by atoms with van der Waals surface area (Å²) in [5.41, 5.74) is 0.0130. The van der Waals surface area contributed by atoms with Crippen molar-refractivity contribution in [1.29, 1.82) is 5.26 Å². The Morgan fingerprint density at radius 3 is 2.41 bits per heavy atom. The average molecular weight is 390 g/mol. The number of amides is 1. The van der Waals surface area contributed by atoms with Crippen LogP contribution in [0.4, 0.5) is 11.4 Å². The van der Waals surface area contributed by atoms with Crippen molar-refractivity contribution in [2.24, 2.45) is 0 Å². The van der Waals surface area contributed by atoms with Crippen LogP contribution in [-0.4, -0.2) is 24.0 Å². The van der Waals surface area contributed by atoms with Crippen molar-refractivity contribution in [3.63, 3.8) is 0 Å². The fourth-order valence-electron chi connectivity index (χ4n) is 2.28. The molecule has 0 aliphatic heterocycles. The lowest BCUT2D eigenvalue weighted by atomic mass is 10.1. The van der Waals surface area contributed by atoms with Crippen LogP contribution in [0.15, 0.2) is 30.3 Å². The molecule has 0 aromatic heterocycles. The molecule has 9 heteroatoms. The Morgan fingerprint density at radius 2 is 1.85 bits per heavy atom. The highest BCUT2D eigenvalue weighted by Crippen LogP contribution is 2.34. The summed E-state index contributed by atoms with van der Waals surface area (Å²) in [5.74, 6) is 0.129. The Balaban J connectivity index is 2.39. The van der Waals surface area contributed by atoms with Crippen LogP contribution < -0.4 is 14.8 Å². The Bertz CT molecular complexity index is 924. The zero-order chi connectivity index (χ0) is 20.0. The first-order chi connectivity index (χ1) is 12.9. The van der Waals surface area contributed by atoms with Crippen LogP contribution in [0.25, 0.3) is 0 Å². The van der Waals surface area contributed by atoms with Gasteiger partial charge in [0.1, 0.15) is 11.1 Å². The molecule has 0 spiro atoms. The molecule has 0 bridgehead atoms. The first kappa shape index (κ1) is 20.0. The summed E-state index contributed by atoms with van der Waals surface area (Å²) >= 11 is 5.76. The molecule has 27 heavy (non-hydrogen) atoms. The van der Waals surface area contributed by atoms with E-state index in [-0.39, 0.29) is 27.5 Å². The van der Waals surface area contributed by atoms with E-state index < -0.39 is 10.8 Å². The molecule has 0 atom stereocenters. The van der Waals surface area contributed by atoms with Gasteiger partial charge in [-0.15, -0.1) is 0 Å². The maximum absolute atomic E-state index is 12.5. The summed E-state index contributed by atoms with van der Waals surface area (Å²) in [6.07, 6.45) is 0. The lowest BCUT2D eigenvalue weighted by Crippen LogP contribution is -2.13. The van der Waals surface area contributed by atoms with Crippen LogP contribution in [0.2, 0.25) is 5.02 Å². The second kappa shape index (κ2) is 8.87. The van der Waals surface area contributed by atoms with Crippen LogP contribution in [0.5, 0.6) is 11.5 Å². The minimum atomic E-state index is -0.677. The van der Waals surface area contributed by atoms with Gasteiger partial charge in [-0.3, -0.25) is 14.9 Å². The van der Waals surface area contributed by atoms with Gasteiger partial charge in [-0.25, -0.2) is 0 Å². The highest BCUT2D eigenvalue weighted by atomic mass is 35.5. The Kier molecular flexibility index (Phi) is 6.57. The van der Waals surface area contributed by atoms with E-state index in [2.05, 4.69) is 5.32 Å². The number of nitro groups is 1. The molecule has 0 aliphatic rings. The van der Waals surface area contributed by atoms with Gasteiger partial charge in [0.2, 0.25) is 0 Å². The Labute approximate surface area is 160 Å². The monoisotopic (exact) mass is 389 g/mol. The molecule has 2 aromatic rings. The second-order valence-corrected chi connectivity index (χ2v) is 5.61. The third-order valence-corrected chi connectivity index (χ3v) is 3.78. The number of hydrogen-bond donors (Lipinski definition) is 1. The van der Waals surface area contributed by atoms with Gasteiger partial charge in [0, 0.05) is 23.8 Å². The van der Waals surface area contributed by atoms with Crippen LogP contribution in [0.1, 0.15) is 29.8 Å². The first-order valence-corrected chi connectivity index (χ1v) is 8.38. The molecule has 0 unspecified atom stereocenters. The summed E-state index contributed by atoms with van der Waals surface area (Å²) in [6, 6.07) is 8.62. The number of nitro benzene ring substituents is 1. The van der Waals surface area contributed by atoms with E-state index >= 15 is 0 Å². The van der Waals surface area contributed by atoms with Crippen molar-refractivity contribution in [1.82, 2.24) is 0 Å². The molecule has 0 saturated carbocycles. The summed E-state index contributed by atoms with van der Waals surface area (Å²) < 4.78 is 10.9. The van der Waals surface area contributed by atoms with Gasteiger partial charge in [0.15, 0.2) is 11.5 Å². The predicted molar refractivity (Wildman–Crippen MR) is 99.6 cm³/mol. The number of carbonyl (C=O) groups excluding carboxylic acids is 1. The van der Waals surface area contributed by atoms with Gasteiger partial charge in [0.05, 0.1) is 29.4 Å². The van der Waals surface area contributed by atoms with Crippen molar-refractivity contribution < 1.29 is 19.2 Å². The average Bonchev–Trinajstić information content (AvgIpc) is 2.64. The zero-order valence-corrected chi connectivity index (χ0v) is 15.4. The molecular weight excluding hydrogens is 374 g/mol. The van der Waals surface area contributed by atoms with Gasteiger partial charge in [-0.1, -0.05) is 11.6 Å². The van der Waals surface area contributed by atoms with Crippen molar-refractivity contribution in [2.75, 3.05) is 18.5 Å². The third kappa shape index (κ3) is 4.65. The van der Waals surface area contributed by atoms with E-state index in [1.165, 1.54) is 24.3 Å². The second-order valence-electron chi connectivity index (χ2n) is 5.20. The van der Waals surface area contributed by atoms with Gasteiger partial charge in [-0.05, 0) is 26.0 Å². The lowest BCUT2D eigenvalue weighted by Gasteiger charge is -2.14. The van der Waals surface area contributed by atoms with E-state index in [0.29, 0.717) is 24.7 Å². The largest absolute Gasteiger partial charge is 0.490 e. The number of ether oxygens (including phenoxy) is 2. The van der Waals surface area contributed by atoms with Crippen LogP contribution in [-0.2, 0) is 0 Å². The van der Waals surface area contributed by atoms with E-state index in [0.717, 1.165) is 6.07 Å². The lowest BCUT2D eigenvalue weighted by molar-refractivity contribution is -0.384. The van der Waals surface area contributed by atoms with Crippen molar-refractivity contribution in [3.05, 3.63) is 56.6 Å². The molecule has 2 aromatic carbocycles. The van der Waals surface area contributed by atoms with Crippen LogP contribution in [0.3, 0.4) is 0 Å². The highest BCUT2D eigenvalue weighted by Gasteiger charge is 2.19. The molecule has 0 saturated heterocycles. The maximum atomic E-state index is 12.5. The zero-order valence-electron chi connectivity index (χ0n) is 14.6. The number of nitrogens with zero attached hydrogens (tertiary/aromatic N) is 2. The van der Waals surface area contributed by atoms with E-state index in [9.17, 15) is 20.2 Å². The standard InChI is InChI=1S/C18H16ClN3O5/c1-3-26-16-8-12(10-20)14(9-17(16)27-4-2)21-18(23)11-5-6-13(19)15(7-11)22(24)25/h5-9H,3-4H2,1-2H3,(H,21,23). The Morgan fingerprint density at radius 1 is 1.22 bits per heavy atom. The number of carbonyl (C=O) groups is 1. The third-order valence-electron chi connectivity index (χ3n) is 3.46. The topological polar surface area (TPSA) is 114 Å².